The molecule has 0 aromatic heterocycles. The molecular formula is C5H13NO4S. The molecule has 0 rings (SSSR count). The SMILES string of the molecule is CC(C)(C(O)CN)S(=O)(=O)O. The highest BCUT2D eigenvalue weighted by atomic mass is 32.2. The van der Waals surface area contributed by atoms with E-state index in [2.05, 4.69) is 0 Å². The van der Waals surface area contributed by atoms with Gasteiger partial charge in [0.25, 0.3) is 10.1 Å². The molecule has 0 amide bonds. The molecule has 0 aliphatic heterocycles. The lowest BCUT2D eigenvalue weighted by molar-refractivity contribution is 0.140. The van der Waals surface area contributed by atoms with E-state index >= 15 is 0 Å². The van der Waals surface area contributed by atoms with Crippen molar-refractivity contribution in [2.24, 2.45) is 5.73 Å². The van der Waals surface area contributed by atoms with Gasteiger partial charge in [-0.15, -0.1) is 0 Å². The molecule has 6 heteroatoms. The fraction of sp³-hybridized carbons (Fsp3) is 1.00. The van der Waals surface area contributed by atoms with E-state index in [1.807, 2.05) is 0 Å². The van der Waals surface area contributed by atoms with Crippen molar-refractivity contribution < 1.29 is 18.1 Å². The van der Waals surface area contributed by atoms with Crippen molar-refractivity contribution in [2.45, 2.75) is 24.7 Å². The molecule has 0 aromatic rings. The molecule has 0 fully saturated rings. The first-order valence-corrected chi connectivity index (χ1v) is 4.52. The number of rotatable bonds is 3. The highest BCUT2D eigenvalue weighted by Crippen LogP contribution is 2.18. The van der Waals surface area contributed by atoms with E-state index in [0.717, 1.165) is 0 Å². The van der Waals surface area contributed by atoms with E-state index in [-0.39, 0.29) is 6.54 Å². The van der Waals surface area contributed by atoms with Crippen molar-refractivity contribution in [3.63, 3.8) is 0 Å². The maximum absolute atomic E-state index is 10.6. The van der Waals surface area contributed by atoms with Crippen LogP contribution in [0.1, 0.15) is 13.8 Å². The normalized spacial score (nSPS) is 16.5. The summed E-state index contributed by atoms with van der Waals surface area (Å²) >= 11 is 0. The molecule has 0 bridgehead atoms. The summed E-state index contributed by atoms with van der Waals surface area (Å²) in [6, 6.07) is 0. The van der Waals surface area contributed by atoms with Crippen molar-refractivity contribution in [2.75, 3.05) is 6.54 Å². The number of hydrogen-bond donors (Lipinski definition) is 3. The van der Waals surface area contributed by atoms with Gasteiger partial charge in [-0.3, -0.25) is 4.55 Å². The summed E-state index contributed by atoms with van der Waals surface area (Å²) < 4.78 is 28.2. The first-order chi connectivity index (χ1) is 4.73. The second-order valence-electron chi connectivity index (χ2n) is 2.83. The minimum Gasteiger partial charge on any atom is -0.390 e. The molecule has 11 heavy (non-hydrogen) atoms. The smallest absolute Gasteiger partial charge is 0.272 e. The lowest BCUT2D eigenvalue weighted by Gasteiger charge is -2.25. The van der Waals surface area contributed by atoms with Gasteiger partial charge in [0, 0.05) is 6.54 Å². The number of nitrogens with two attached hydrogens (primary N) is 1. The molecule has 1 atom stereocenters. The van der Waals surface area contributed by atoms with Crippen molar-refractivity contribution in [3.8, 4) is 0 Å². The second kappa shape index (κ2) is 3.06. The predicted octanol–water partition coefficient (Wildman–Crippen LogP) is -1.03. The maximum atomic E-state index is 10.6. The van der Waals surface area contributed by atoms with Crippen LogP contribution in [0.15, 0.2) is 0 Å². The molecule has 1 unspecified atom stereocenters. The highest BCUT2D eigenvalue weighted by molar-refractivity contribution is 7.87. The molecule has 0 aliphatic carbocycles. The first kappa shape index (κ1) is 10.8. The van der Waals surface area contributed by atoms with Crippen LogP contribution < -0.4 is 5.73 Å². The Kier molecular flexibility index (Phi) is 3.01. The van der Waals surface area contributed by atoms with Crippen LogP contribution in [0.5, 0.6) is 0 Å². The molecule has 0 radical (unpaired) electrons. The van der Waals surface area contributed by atoms with Crippen LogP contribution in [0.3, 0.4) is 0 Å². The van der Waals surface area contributed by atoms with E-state index in [1.54, 1.807) is 0 Å². The van der Waals surface area contributed by atoms with Gasteiger partial charge in [-0.2, -0.15) is 8.42 Å². The monoisotopic (exact) mass is 183 g/mol. The van der Waals surface area contributed by atoms with Crippen molar-refractivity contribution >= 4 is 10.1 Å². The Morgan fingerprint density at radius 2 is 1.91 bits per heavy atom. The zero-order valence-electron chi connectivity index (χ0n) is 6.48. The summed E-state index contributed by atoms with van der Waals surface area (Å²) in [5, 5.41) is 9.06. The summed E-state index contributed by atoms with van der Waals surface area (Å²) in [6.07, 6.45) is -1.25. The lowest BCUT2D eigenvalue weighted by atomic mass is 10.1. The molecule has 0 aliphatic rings. The Bertz CT molecular complexity index is 221. The molecule has 0 spiro atoms. The Balaban J connectivity index is 4.74. The standard InChI is InChI=1S/C5H13NO4S/c1-5(2,4(7)3-6)11(8,9)10/h4,7H,3,6H2,1-2H3,(H,8,9,10). The van der Waals surface area contributed by atoms with E-state index < -0.39 is 21.0 Å². The van der Waals surface area contributed by atoms with Gasteiger partial charge in [0.2, 0.25) is 0 Å². The quantitative estimate of drug-likeness (QED) is 0.486. The Morgan fingerprint density at radius 1 is 1.55 bits per heavy atom. The van der Waals surface area contributed by atoms with E-state index in [4.69, 9.17) is 15.4 Å². The summed E-state index contributed by atoms with van der Waals surface area (Å²) in [6.45, 7) is 2.21. The Morgan fingerprint density at radius 3 is 2.00 bits per heavy atom. The third kappa shape index (κ3) is 2.13. The average molecular weight is 183 g/mol. The van der Waals surface area contributed by atoms with Crippen LogP contribution >= 0.6 is 0 Å². The molecule has 5 nitrogen and oxygen atoms in total. The van der Waals surface area contributed by atoms with Gasteiger partial charge in [0.05, 0.1) is 6.10 Å². The first-order valence-electron chi connectivity index (χ1n) is 3.08. The van der Waals surface area contributed by atoms with Crippen LogP contribution in [0.2, 0.25) is 0 Å². The van der Waals surface area contributed by atoms with Gasteiger partial charge in [-0.25, -0.2) is 0 Å². The van der Waals surface area contributed by atoms with Gasteiger partial charge < -0.3 is 10.8 Å². The fourth-order valence-corrected chi connectivity index (χ4v) is 0.896. The summed E-state index contributed by atoms with van der Waals surface area (Å²) in [7, 11) is -4.24. The van der Waals surface area contributed by atoms with Crippen molar-refractivity contribution in [1.29, 1.82) is 0 Å². The zero-order chi connectivity index (χ0) is 9.28. The minimum atomic E-state index is -4.24. The van der Waals surface area contributed by atoms with E-state index in [1.165, 1.54) is 13.8 Å². The molecule has 4 N–H and O–H groups in total. The third-order valence-electron chi connectivity index (χ3n) is 1.69. The number of hydrogen-bond acceptors (Lipinski definition) is 4. The molecular weight excluding hydrogens is 170 g/mol. The largest absolute Gasteiger partial charge is 0.390 e. The van der Waals surface area contributed by atoms with Crippen LogP contribution in [0.25, 0.3) is 0 Å². The van der Waals surface area contributed by atoms with E-state index in [9.17, 15) is 8.42 Å². The zero-order valence-corrected chi connectivity index (χ0v) is 7.30. The van der Waals surface area contributed by atoms with Gasteiger partial charge in [-0.05, 0) is 13.8 Å². The van der Waals surface area contributed by atoms with E-state index in [0.29, 0.717) is 0 Å². The third-order valence-corrected chi connectivity index (χ3v) is 3.29. The maximum Gasteiger partial charge on any atom is 0.272 e. The molecule has 0 heterocycles. The van der Waals surface area contributed by atoms with Crippen LogP contribution in [0, 0.1) is 0 Å². The van der Waals surface area contributed by atoms with Gasteiger partial charge in [-0.1, -0.05) is 0 Å². The Hall–Kier alpha value is -0.170. The van der Waals surface area contributed by atoms with Crippen LogP contribution in [-0.4, -0.2) is 35.5 Å². The minimum absolute atomic E-state index is 0.202. The predicted molar refractivity (Wildman–Crippen MR) is 40.7 cm³/mol. The van der Waals surface area contributed by atoms with Crippen LogP contribution in [0.4, 0.5) is 0 Å². The number of aliphatic hydroxyl groups excluding tert-OH is 1. The van der Waals surface area contributed by atoms with Crippen molar-refractivity contribution in [3.05, 3.63) is 0 Å². The highest BCUT2D eigenvalue weighted by Gasteiger charge is 2.39. The van der Waals surface area contributed by atoms with Gasteiger partial charge in [0.1, 0.15) is 4.75 Å². The van der Waals surface area contributed by atoms with Gasteiger partial charge >= 0.3 is 0 Å². The second-order valence-corrected chi connectivity index (χ2v) is 4.83. The van der Waals surface area contributed by atoms with Crippen molar-refractivity contribution in [1.82, 2.24) is 0 Å². The van der Waals surface area contributed by atoms with Crippen LogP contribution in [-0.2, 0) is 10.1 Å². The molecule has 68 valence electrons. The summed E-state index contributed by atoms with van der Waals surface area (Å²) in [5.41, 5.74) is 5.03. The molecule has 0 saturated heterocycles. The average Bonchev–Trinajstić information content (AvgIpc) is 1.83. The molecule has 0 aromatic carbocycles. The number of aliphatic hydroxyl groups is 1. The topological polar surface area (TPSA) is 101 Å². The van der Waals surface area contributed by atoms with Gasteiger partial charge in [0.15, 0.2) is 0 Å². The summed E-state index contributed by atoms with van der Waals surface area (Å²) in [4.78, 5) is 0. The molecule has 0 saturated carbocycles. The Labute approximate surface area is 66.0 Å². The fourth-order valence-electron chi connectivity index (χ4n) is 0.456. The lowest BCUT2D eigenvalue weighted by Crippen LogP contribution is -2.47. The summed E-state index contributed by atoms with van der Waals surface area (Å²) in [5.74, 6) is 0.